The molecule has 2 saturated heterocycles. The van der Waals surface area contributed by atoms with Crippen molar-refractivity contribution in [2.75, 3.05) is 42.6 Å². The molecule has 42 heavy (non-hydrogen) atoms. The van der Waals surface area contributed by atoms with Gasteiger partial charge in [-0.15, -0.1) is 11.8 Å². The molecule has 0 radical (unpaired) electrons. The summed E-state index contributed by atoms with van der Waals surface area (Å²) in [7, 11) is 0. The molecular weight excluding hydrogens is 550 g/mol. The van der Waals surface area contributed by atoms with Gasteiger partial charge in [0, 0.05) is 36.3 Å². The first-order valence-corrected chi connectivity index (χ1v) is 15.7. The normalized spacial score (nSPS) is 29.3. The summed E-state index contributed by atoms with van der Waals surface area (Å²) in [6.45, 7) is 6.22. The van der Waals surface area contributed by atoms with Gasteiger partial charge in [-0.3, -0.25) is 14.4 Å². The minimum atomic E-state index is -0.991. The number of hydrogen-bond acceptors (Lipinski definition) is 7. The van der Waals surface area contributed by atoms with E-state index in [2.05, 4.69) is 18.7 Å². The van der Waals surface area contributed by atoms with Gasteiger partial charge in [-0.1, -0.05) is 54.6 Å². The van der Waals surface area contributed by atoms with E-state index in [1.807, 2.05) is 78.9 Å². The number of amides is 2. The molecular formula is C33H37N3O5S. The Balaban J connectivity index is 1.46. The van der Waals surface area contributed by atoms with Crippen LogP contribution in [0, 0.1) is 11.8 Å². The van der Waals surface area contributed by atoms with E-state index < -0.39 is 34.6 Å². The van der Waals surface area contributed by atoms with Crippen molar-refractivity contribution in [1.29, 1.82) is 0 Å². The predicted molar refractivity (Wildman–Crippen MR) is 164 cm³/mol. The van der Waals surface area contributed by atoms with Crippen molar-refractivity contribution in [2.24, 2.45) is 11.8 Å². The van der Waals surface area contributed by atoms with Gasteiger partial charge in [0.1, 0.15) is 6.04 Å². The number of likely N-dealkylation sites (tertiary alicyclic amines) is 1. The number of aliphatic hydroxyl groups is 1. The van der Waals surface area contributed by atoms with Crippen LogP contribution in [0.5, 0.6) is 0 Å². The number of ether oxygens (including phenoxy) is 1. The first kappa shape index (κ1) is 28.6. The molecule has 220 valence electrons. The number of thioether (sulfide) groups is 1. The zero-order chi connectivity index (χ0) is 29.4. The molecule has 0 bridgehead atoms. The van der Waals surface area contributed by atoms with Crippen LogP contribution in [0.25, 0.3) is 0 Å². The van der Waals surface area contributed by atoms with Crippen LogP contribution in [-0.4, -0.2) is 76.7 Å². The van der Waals surface area contributed by atoms with Crippen molar-refractivity contribution < 1.29 is 24.2 Å². The highest BCUT2D eigenvalue weighted by Gasteiger charge is 2.72. The van der Waals surface area contributed by atoms with Crippen molar-refractivity contribution >= 4 is 40.9 Å². The van der Waals surface area contributed by atoms with Gasteiger partial charge in [0.25, 0.3) is 5.91 Å². The fourth-order valence-electron chi connectivity index (χ4n) is 7.08. The number of fused-ring (bicyclic) bond motifs is 2. The van der Waals surface area contributed by atoms with Gasteiger partial charge in [-0.2, -0.15) is 0 Å². The third-order valence-electron chi connectivity index (χ3n) is 9.04. The summed E-state index contributed by atoms with van der Waals surface area (Å²) in [6, 6.07) is 15.6. The fraction of sp³-hybridized carbons (Fsp3) is 0.424. The zero-order valence-corrected chi connectivity index (χ0v) is 24.8. The lowest BCUT2D eigenvalue weighted by Gasteiger charge is -2.38. The van der Waals surface area contributed by atoms with E-state index in [-0.39, 0.29) is 30.3 Å². The average molecular weight is 588 g/mol. The van der Waals surface area contributed by atoms with Gasteiger partial charge in [-0.25, -0.2) is 0 Å². The van der Waals surface area contributed by atoms with Crippen LogP contribution in [0.2, 0.25) is 0 Å². The molecule has 1 spiro atoms. The molecule has 8 nitrogen and oxygen atoms in total. The quantitative estimate of drug-likeness (QED) is 0.387. The molecule has 4 aliphatic rings. The van der Waals surface area contributed by atoms with Gasteiger partial charge >= 0.3 is 5.97 Å². The lowest BCUT2D eigenvalue weighted by Crippen LogP contribution is -2.54. The maximum absolute atomic E-state index is 14.8. The van der Waals surface area contributed by atoms with E-state index in [1.165, 1.54) is 11.8 Å². The molecule has 6 atom stereocenters. The van der Waals surface area contributed by atoms with Gasteiger partial charge < -0.3 is 24.5 Å². The second kappa shape index (κ2) is 11.6. The third kappa shape index (κ3) is 4.54. The fourth-order valence-corrected chi connectivity index (χ4v) is 9.06. The molecule has 2 fully saturated rings. The maximum atomic E-state index is 14.8. The zero-order valence-electron chi connectivity index (χ0n) is 24.0. The molecule has 0 aromatic heterocycles. The smallest absolute Gasteiger partial charge is 0.311 e. The van der Waals surface area contributed by atoms with Crippen molar-refractivity contribution in [1.82, 2.24) is 4.90 Å². The molecule has 9 heteroatoms. The lowest BCUT2D eigenvalue weighted by molar-refractivity contribution is -0.153. The summed E-state index contributed by atoms with van der Waals surface area (Å²) in [4.78, 5) is 48.3. The number of nitrogens with zero attached hydrogens (tertiary/aromatic N) is 3. The summed E-state index contributed by atoms with van der Waals surface area (Å²) in [5, 5.41) is 10.4. The van der Waals surface area contributed by atoms with Crippen LogP contribution in [0.3, 0.4) is 0 Å². The summed E-state index contributed by atoms with van der Waals surface area (Å²) in [6.07, 6.45) is 8.56. The molecule has 0 saturated carbocycles. The SMILES string of the molecule is CCN(CC)c1ccc(N2CC=C[C@]34S[C@@H]5C=CCCOC(=O)[C@@H]5[C@H]3C(=O)N([C@H](CO)c3ccccc3)C4C2=O)cc1. The minimum Gasteiger partial charge on any atom is -0.465 e. The Labute approximate surface area is 251 Å². The Morgan fingerprint density at radius 1 is 1.02 bits per heavy atom. The Morgan fingerprint density at radius 2 is 1.76 bits per heavy atom. The molecule has 0 aliphatic carbocycles. The number of cyclic esters (lactones) is 1. The van der Waals surface area contributed by atoms with E-state index in [1.54, 1.807) is 9.80 Å². The van der Waals surface area contributed by atoms with Crippen molar-refractivity contribution in [3.63, 3.8) is 0 Å². The Bertz CT molecular complexity index is 1390. The van der Waals surface area contributed by atoms with Gasteiger partial charge in [-0.05, 0) is 50.1 Å². The number of hydrogen-bond donors (Lipinski definition) is 1. The summed E-state index contributed by atoms with van der Waals surface area (Å²) >= 11 is 1.51. The van der Waals surface area contributed by atoms with Crippen LogP contribution in [0.15, 0.2) is 78.9 Å². The van der Waals surface area contributed by atoms with Crippen molar-refractivity contribution in [2.45, 2.75) is 42.3 Å². The lowest BCUT2D eigenvalue weighted by atomic mass is 9.78. The monoisotopic (exact) mass is 587 g/mol. The highest BCUT2D eigenvalue weighted by molar-refractivity contribution is 8.02. The number of benzene rings is 2. The molecule has 2 aromatic carbocycles. The molecule has 2 aromatic rings. The number of carbonyl (C=O) groups is 3. The van der Waals surface area contributed by atoms with E-state index in [4.69, 9.17) is 4.74 Å². The van der Waals surface area contributed by atoms with E-state index >= 15 is 0 Å². The number of aliphatic hydroxyl groups excluding tert-OH is 1. The number of anilines is 2. The van der Waals surface area contributed by atoms with Gasteiger partial charge in [0.15, 0.2) is 0 Å². The second-order valence-corrected chi connectivity index (χ2v) is 12.6. The molecule has 6 rings (SSSR count). The van der Waals surface area contributed by atoms with Crippen LogP contribution < -0.4 is 9.80 Å². The average Bonchev–Trinajstić information content (AvgIpc) is 3.38. The number of rotatable bonds is 7. The topological polar surface area (TPSA) is 90.4 Å². The van der Waals surface area contributed by atoms with E-state index in [0.29, 0.717) is 13.0 Å². The molecule has 4 heterocycles. The van der Waals surface area contributed by atoms with Crippen molar-refractivity contribution in [3.05, 3.63) is 84.5 Å². The Hall–Kier alpha value is -3.56. The Morgan fingerprint density at radius 3 is 2.45 bits per heavy atom. The minimum absolute atomic E-state index is 0.222. The summed E-state index contributed by atoms with van der Waals surface area (Å²) < 4.78 is 4.60. The van der Waals surface area contributed by atoms with Crippen LogP contribution >= 0.6 is 11.8 Å². The molecule has 1 unspecified atom stereocenters. The van der Waals surface area contributed by atoms with Gasteiger partial charge in [0.2, 0.25) is 5.91 Å². The predicted octanol–water partition coefficient (Wildman–Crippen LogP) is 3.97. The van der Waals surface area contributed by atoms with E-state index in [9.17, 15) is 19.5 Å². The van der Waals surface area contributed by atoms with Crippen molar-refractivity contribution in [3.8, 4) is 0 Å². The standard InChI is InChI=1S/C33H37N3O5S/c1-3-34(4-2)23-14-16-24(17-15-23)35-19-10-18-33-28(27-26(42-33)13-8-9-20-41-32(27)40)30(38)36(29(33)31(35)39)25(21-37)22-11-6-5-7-12-22/h5-8,10-18,25-29,37H,3-4,9,19-21H2,1-2H3/t25-,26-,27+,28+,29?,33+/m1/s1. The highest BCUT2D eigenvalue weighted by Crippen LogP contribution is 2.62. The summed E-state index contributed by atoms with van der Waals surface area (Å²) in [5.41, 5.74) is 2.55. The van der Waals surface area contributed by atoms with Crippen LogP contribution in [0.4, 0.5) is 11.4 Å². The third-order valence-corrected chi connectivity index (χ3v) is 10.8. The van der Waals surface area contributed by atoms with E-state index in [0.717, 1.165) is 30.0 Å². The maximum Gasteiger partial charge on any atom is 0.311 e. The molecule has 4 aliphatic heterocycles. The number of esters is 1. The van der Waals surface area contributed by atoms with Gasteiger partial charge in [0.05, 0.1) is 35.8 Å². The molecule has 1 N–H and O–H groups in total. The largest absolute Gasteiger partial charge is 0.465 e. The second-order valence-electron chi connectivity index (χ2n) is 11.1. The number of carbonyl (C=O) groups excluding carboxylic acids is 3. The summed E-state index contributed by atoms with van der Waals surface area (Å²) in [5.74, 6) is -2.44. The molecule has 2 amide bonds. The first-order valence-electron chi connectivity index (χ1n) is 14.8. The Kier molecular flexibility index (Phi) is 7.89. The van der Waals surface area contributed by atoms with Crippen LogP contribution in [-0.2, 0) is 19.1 Å². The highest BCUT2D eigenvalue weighted by atomic mass is 32.2. The van der Waals surface area contributed by atoms with Crippen LogP contribution in [0.1, 0.15) is 31.9 Å². The first-order chi connectivity index (χ1) is 20.4.